The van der Waals surface area contributed by atoms with Gasteiger partial charge in [0.2, 0.25) is 0 Å². The summed E-state index contributed by atoms with van der Waals surface area (Å²) < 4.78 is 3.93. The molecule has 0 bridgehead atoms. The minimum absolute atomic E-state index is 0.176. The number of rotatable bonds is 4. The first-order valence-electron chi connectivity index (χ1n) is 9.61. The fraction of sp³-hybridized carbons (Fsp3) is 0.227. The molecule has 0 spiro atoms. The predicted octanol–water partition coefficient (Wildman–Crippen LogP) is 3.49. The van der Waals surface area contributed by atoms with Crippen molar-refractivity contribution < 1.29 is 47.7 Å². The third kappa shape index (κ3) is 4.39. The number of nitrogens with zero attached hydrogens (tertiary/aromatic N) is 3. The first-order chi connectivity index (χ1) is 13.9. The van der Waals surface area contributed by atoms with Crippen LogP contribution in [0.5, 0.6) is 0 Å². The van der Waals surface area contributed by atoms with Crippen molar-refractivity contribution in [1.82, 2.24) is 14.9 Å². The van der Waals surface area contributed by atoms with E-state index in [1.165, 1.54) is 50.3 Å². The molecule has 0 saturated carbocycles. The Bertz CT molecular complexity index is 1140. The normalized spacial score (nSPS) is 15.4. The van der Waals surface area contributed by atoms with Crippen molar-refractivity contribution in [2.75, 3.05) is 13.1 Å². The Hall–Kier alpha value is -0.325. The molecule has 3 aromatic rings. The molecule has 5 rings (SSSR count). The standard InChI is InChI=1S/C22H20N3.U.V.W/c1-17-15-23-21(22(24-17)19-7-3-2-4-8-19)20-11-9-18(10-12-20)16-25-13-5-6-14-25;;;/h1-4,7-12H,5-6,13-14,16H2;;;. The van der Waals surface area contributed by atoms with Gasteiger partial charge in [-0.25, -0.2) is 0 Å². The van der Waals surface area contributed by atoms with Crippen molar-refractivity contribution in [2.24, 2.45) is 0 Å². The molecular weight excluding hydrogens is 779 g/mol. The summed E-state index contributed by atoms with van der Waals surface area (Å²) in [6.07, 6.45) is 2.69. The summed E-state index contributed by atoms with van der Waals surface area (Å²) in [7, 11) is 0.719. The Morgan fingerprint density at radius 1 is 0.893 bits per heavy atom. The van der Waals surface area contributed by atoms with Crippen LogP contribution in [0.25, 0.3) is 27.0 Å². The Morgan fingerprint density at radius 2 is 1.61 bits per heavy atom. The van der Waals surface area contributed by atoms with Crippen LogP contribution >= 0.6 is 0 Å². The first kappa shape index (κ1) is 19.6. The van der Waals surface area contributed by atoms with Gasteiger partial charge in [0, 0.05) is 0 Å². The molecule has 0 atom stereocenters. The predicted molar refractivity (Wildman–Crippen MR) is 100 cm³/mol. The molecule has 0 radical (unpaired) electrons. The van der Waals surface area contributed by atoms with Crippen molar-refractivity contribution in [3.8, 4) is 22.5 Å². The second kappa shape index (κ2) is 9.22. The molecular formula is C22H20N3UVW. The monoisotopic (exact) mass is 799 g/mol. The van der Waals surface area contributed by atoms with Gasteiger partial charge in [-0.15, -0.1) is 0 Å². The summed E-state index contributed by atoms with van der Waals surface area (Å²) in [5.41, 5.74) is 5.96. The molecule has 2 aromatic carbocycles. The third-order valence-corrected chi connectivity index (χ3v) is 44.1. The fourth-order valence-electron chi connectivity index (χ4n) is 3.72. The van der Waals surface area contributed by atoms with E-state index in [0.717, 1.165) is 25.9 Å². The molecule has 6 heteroatoms. The van der Waals surface area contributed by atoms with E-state index in [1.807, 2.05) is 0 Å². The van der Waals surface area contributed by atoms with Gasteiger partial charge in [-0.2, -0.15) is 0 Å². The van der Waals surface area contributed by atoms with Crippen LogP contribution in [-0.2, 0) is 30.0 Å². The zero-order chi connectivity index (χ0) is 18.8. The summed E-state index contributed by atoms with van der Waals surface area (Å²) >= 11 is -0.976. The van der Waals surface area contributed by atoms with Crippen molar-refractivity contribution in [2.45, 2.75) is 19.4 Å². The molecule has 0 unspecified atom stereocenters. The van der Waals surface area contributed by atoms with Crippen LogP contribution in [0.15, 0.2) is 54.6 Å². The number of benzene rings is 2. The van der Waals surface area contributed by atoms with Gasteiger partial charge in [0.15, 0.2) is 0 Å². The van der Waals surface area contributed by atoms with Gasteiger partial charge >= 0.3 is 190 Å². The average Bonchev–Trinajstić information content (AvgIpc) is 3.27. The quantitative estimate of drug-likeness (QED) is 0.406. The second-order valence-electron chi connectivity index (χ2n) is 7.13. The van der Waals surface area contributed by atoms with Crippen molar-refractivity contribution >= 4 is 4.47 Å². The van der Waals surface area contributed by atoms with Crippen LogP contribution in [-0.4, -0.2) is 28.0 Å². The third-order valence-electron chi connectivity index (χ3n) is 5.17. The van der Waals surface area contributed by atoms with Crippen LogP contribution < -0.4 is 5.35 Å². The average molecular weight is 799 g/mol. The molecule has 1 fully saturated rings. The van der Waals surface area contributed by atoms with Crippen LogP contribution in [0.3, 0.4) is 0 Å². The summed E-state index contributed by atoms with van der Waals surface area (Å²) in [4.78, 5) is 12.9. The molecule has 2 aliphatic heterocycles. The zero-order valence-electron chi connectivity index (χ0n) is 15.5. The molecule has 0 amide bonds. The van der Waals surface area contributed by atoms with Crippen LogP contribution in [0.1, 0.15) is 18.4 Å². The van der Waals surface area contributed by atoms with Gasteiger partial charge in [-0.3, -0.25) is 0 Å². The van der Waals surface area contributed by atoms with Crippen molar-refractivity contribution in [3.05, 3.63) is 67.8 Å². The molecule has 28 heavy (non-hydrogen) atoms. The first-order valence-corrected chi connectivity index (χ1v) is 27.7. The summed E-state index contributed by atoms with van der Waals surface area (Å²) in [5, 5.41) is 1.26. The zero-order valence-corrected chi connectivity index (χ0v) is 24.0. The van der Waals surface area contributed by atoms with Crippen LogP contribution in [0.2, 0.25) is 0 Å². The van der Waals surface area contributed by atoms with Crippen molar-refractivity contribution in [1.29, 1.82) is 0 Å². The van der Waals surface area contributed by atoms with E-state index in [2.05, 4.69) is 64.0 Å². The molecule has 3 nitrogen and oxygen atoms in total. The Labute approximate surface area is 187 Å². The van der Waals surface area contributed by atoms with E-state index in [0.29, 0.717) is 0 Å². The molecule has 0 N–H and O–H groups in total. The Kier molecular flexibility index (Phi) is 6.46. The van der Waals surface area contributed by atoms with Gasteiger partial charge in [-0.1, -0.05) is 0 Å². The van der Waals surface area contributed by atoms with Crippen LogP contribution in [0, 0.1) is 26.5 Å². The SMILES string of the molecule is [CH]1=c2nc(-c3ccccc3)c(-c3ccc(CN4CCCC4)cc3)n[c]2=[U][V]=[W]1. The number of hydrogen-bond acceptors (Lipinski definition) is 3. The topological polar surface area (TPSA) is 29.0 Å². The Morgan fingerprint density at radius 3 is 2.39 bits per heavy atom. The van der Waals surface area contributed by atoms with E-state index >= 15 is 0 Å². The maximum absolute atomic E-state index is 5.23. The molecule has 2 aliphatic rings. The Balaban J connectivity index is 1.57. The number of likely N-dealkylation sites (tertiary alicyclic amines) is 1. The summed E-state index contributed by atoms with van der Waals surface area (Å²) in [5.74, 6) is 0. The van der Waals surface area contributed by atoms with Gasteiger partial charge in [0.25, 0.3) is 0 Å². The van der Waals surface area contributed by atoms with Crippen LogP contribution in [0.4, 0.5) is 0 Å². The van der Waals surface area contributed by atoms with E-state index in [9.17, 15) is 0 Å². The minimum atomic E-state index is -0.800. The van der Waals surface area contributed by atoms with E-state index in [4.69, 9.17) is 9.97 Å². The molecule has 3 heterocycles. The number of hydrogen-bond donors (Lipinski definition) is 0. The maximum atomic E-state index is 5.23. The molecule has 138 valence electrons. The fourth-order valence-corrected chi connectivity index (χ4v) is 41.8. The van der Waals surface area contributed by atoms with E-state index in [1.54, 1.807) is 0 Å². The van der Waals surface area contributed by atoms with E-state index in [-0.39, 0.29) is 15.6 Å². The second-order valence-corrected chi connectivity index (χ2v) is 46.2. The summed E-state index contributed by atoms with van der Waals surface area (Å²) in [6, 6.07) is 19.7. The van der Waals surface area contributed by atoms with Crippen molar-refractivity contribution in [3.63, 3.8) is 0 Å². The van der Waals surface area contributed by atoms with E-state index < -0.39 is 24.2 Å². The number of aromatic nitrogens is 2. The number of fused-ring (bicyclic) bond motifs is 1. The summed E-state index contributed by atoms with van der Waals surface area (Å²) in [6.45, 7) is 3.56. The molecule has 1 aromatic heterocycles. The van der Waals surface area contributed by atoms with Gasteiger partial charge in [-0.05, 0) is 0 Å². The van der Waals surface area contributed by atoms with Gasteiger partial charge in [0.05, 0.1) is 0 Å². The molecule has 0 aliphatic carbocycles. The van der Waals surface area contributed by atoms with Gasteiger partial charge < -0.3 is 0 Å². The molecule has 1 saturated heterocycles. The van der Waals surface area contributed by atoms with Gasteiger partial charge in [0.1, 0.15) is 0 Å².